The number of allylic oxidation sites excluding steroid dienone is 1. The first-order valence-electron chi connectivity index (χ1n) is 9.91. The summed E-state index contributed by atoms with van der Waals surface area (Å²) in [4.78, 5) is 13.2. The van der Waals surface area contributed by atoms with E-state index in [1.54, 1.807) is 6.20 Å². The molecule has 1 fully saturated rings. The van der Waals surface area contributed by atoms with Crippen molar-refractivity contribution in [1.29, 1.82) is 0 Å². The predicted molar refractivity (Wildman–Crippen MR) is 105 cm³/mol. The molecule has 9 heteroatoms. The third-order valence-corrected chi connectivity index (χ3v) is 5.69. The molecule has 1 saturated heterocycles. The highest BCUT2D eigenvalue weighted by molar-refractivity contribution is 5.96. The zero-order valence-corrected chi connectivity index (χ0v) is 16.1. The summed E-state index contributed by atoms with van der Waals surface area (Å²) in [5, 5.41) is 22.2. The van der Waals surface area contributed by atoms with Crippen LogP contribution in [0.3, 0.4) is 0 Å². The van der Waals surface area contributed by atoms with Crippen LogP contribution in [0.2, 0.25) is 0 Å². The van der Waals surface area contributed by atoms with Crippen molar-refractivity contribution >= 4 is 22.8 Å². The van der Waals surface area contributed by atoms with Crippen molar-refractivity contribution in [2.24, 2.45) is 5.92 Å². The van der Waals surface area contributed by atoms with E-state index in [2.05, 4.69) is 31.1 Å². The number of nitrogens with one attached hydrogen (secondary N) is 3. The molecule has 3 aromatic rings. The Morgan fingerprint density at radius 1 is 1.24 bits per heavy atom. The third kappa shape index (κ3) is 2.98. The molecule has 2 aliphatic heterocycles. The number of benzene rings is 1. The van der Waals surface area contributed by atoms with Crippen LogP contribution in [0, 0.1) is 5.92 Å². The van der Waals surface area contributed by atoms with Gasteiger partial charge in [-0.05, 0) is 54.8 Å². The van der Waals surface area contributed by atoms with Gasteiger partial charge in [-0.3, -0.25) is 5.10 Å². The van der Waals surface area contributed by atoms with Gasteiger partial charge in [0.25, 0.3) is 0 Å². The number of ether oxygens (including phenoxy) is 1. The second-order valence-electron chi connectivity index (χ2n) is 7.31. The van der Waals surface area contributed by atoms with Crippen LogP contribution in [0.1, 0.15) is 36.8 Å². The Balaban J connectivity index is 1.73. The van der Waals surface area contributed by atoms with E-state index in [0.717, 1.165) is 48.6 Å². The van der Waals surface area contributed by atoms with Crippen LogP contribution in [0.15, 0.2) is 40.3 Å². The molecule has 9 nitrogen and oxygen atoms in total. The van der Waals surface area contributed by atoms with E-state index in [0.29, 0.717) is 23.2 Å². The van der Waals surface area contributed by atoms with Crippen LogP contribution in [-0.2, 0) is 9.53 Å². The first kappa shape index (κ1) is 17.9. The van der Waals surface area contributed by atoms with Crippen molar-refractivity contribution in [2.75, 3.05) is 25.0 Å². The molecule has 5 rings (SSSR count). The van der Waals surface area contributed by atoms with E-state index in [-0.39, 0.29) is 17.8 Å². The van der Waals surface area contributed by atoms with Gasteiger partial charge in [0.15, 0.2) is 0 Å². The summed E-state index contributed by atoms with van der Waals surface area (Å²) in [7, 11) is 0. The Kier molecular flexibility index (Phi) is 4.51. The molecule has 0 spiro atoms. The van der Waals surface area contributed by atoms with Crippen LogP contribution in [0.5, 0.6) is 0 Å². The van der Waals surface area contributed by atoms with E-state index in [4.69, 9.17) is 9.37 Å². The summed E-state index contributed by atoms with van der Waals surface area (Å²) in [6, 6.07) is 5.70. The highest BCUT2D eigenvalue weighted by atomic mass is 16.6. The van der Waals surface area contributed by atoms with E-state index in [1.807, 2.05) is 25.1 Å². The first-order valence-corrected chi connectivity index (χ1v) is 9.91. The summed E-state index contributed by atoms with van der Waals surface area (Å²) in [6.07, 6.45) is 3.63. The molecule has 29 heavy (non-hydrogen) atoms. The number of aromatic nitrogens is 4. The second kappa shape index (κ2) is 7.32. The molecule has 0 aliphatic carbocycles. The summed E-state index contributed by atoms with van der Waals surface area (Å²) in [5.74, 6) is 0.331. The lowest BCUT2D eigenvalue weighted by molar-refractivity contribution is -0.138. The lowest BCUT2D eigenvalue weighted by atomic mass is 9.78. The van der Waals surface area contributed by atoms with Gasteiger partial charge >= 0.3 is 5.97 Å². The lowest BCUT2D eigenvalue weighted by Crippen LogP contribution is -2.34. The first-order chi connectivity index (χ1) is 14.3. The Morgan fingerprint density at radius 3 is 2.93 bits per heavy atom. The van der Waals surface area contributed by atoms with Gasteiger partial charge < -0.3 is 15.4 Å². The maximum atomic E-state index is 13.2. The highest BCUT2D eigenvalue weighted by Crippen LogP contribution is 2.45. The number of esters is 1. The van der Waals surface area contributed by atoms with Crippen molar-refractivity contribution in [3.63, 3.8) is 0 Å². The van der Waals surface area contributed by atoms with Gasteiger partial charge in [0, 0.05) is 17.2 Å². The summed E-state index contributed by atoms with van der Waals surface area (Å²) < 4.78 is 10.5. The topological polar surface area (TPSA) is 118 Å². The minimum atomic E-state index is -0.371. The van der Waals surface area contributed by atoms with Gasteiger partial charge in [-0.2, -0.15) is 5.10 Å². The molecule has 0 bridgehead atoms. The quantitative estimate of drug-likeness (QED) is 0.577. The molecule has 3 N–H and O–H groups in total. The molecule has 150 valence electrons. The molecular formula is C20H22N6O3. The zero-order valence-electron chi connectivity index (χ0n) is 16.1. The Morgan fingerprint density at radius 2 is 2.10 bits per heavy atom. The van der Waals surface area contributed by atoms with Crippen LogP contribution >= 0.6 is 0 Å². The number of rotatable bonds is 4. The standard InChI is InChI=1S/C20H22N6O3/c1-2-28-20(27)16-15(12-4-3-5-14-18(12)26-29-25-14)13-10-22-24-19(13)23-17(16)11-6-8-21-9-7-11/h3-5,10-11,15,21H,2,6-9H2,1H3,(H2,22,23,24). The van der Waals surface area contributed by atoms with Gasteiger partial charge in [-0.1, -0.05) is 12.1 Å². The summed E-state index contributed by atoms with van der Waals surface area (Å²) in [6.45, 7) is 3.95. The number of hydrogen-bond acceptors (Lipinski definition) is 8. The van der Waals surface area contributed by atoms with Crippen molar-refractivity contribution in [3.8, 4) is 0 Å². The molecular weight excluding hydrogens is 372 g/mol. The number of hydrogen-bond donors (Lipinski definition) is 3. The fraction of sp³-hybridized carbons (Fsp3) is 0.400. The normalized spacial score (nSPS) is 19.8. The van der Waals surface area contributed by atoms with Gasteiger partial charge in [0.2, 0.25) is 0 Å². The molecule has 2 aliphatic rings. The van der Waals surface area contributed by atoms with E-state index >= 15 is 0 Å². The van der Waals surface area contributed by atoms with Gasteiger partial charge in [-0.15, -0.1) is 0 Å². The van der Waals surface area contributed by atoms with Crippen molar-refractivity contribution in [3.05, 3.63) is 46.8 Å². The number of anilines is 1. The largest absolute Gasteiger partial charge is 0.463 e. The SMILES string of the molecule is CCOC(=O)C1=C(C2CCNCC2)Nc2[nH]ncc2C1c1cccc2nonc12. The molecule has 2 aromatic heterocycles. The number of carbonyl (C=O) groups is 1. The van der Waals surface area contributed by atoms with E-state index in [9.17, 15) is 4.79 Å². The third-order valence-electron chi connectivity index (χ3n) is 5.69. The van der Waals surface area contributed by atoms with E-state index in [1.165, 1.54) is 0 Å². The van der Waals surface area contributed by atoms with Gasteiger partial charge in [0.1, 0.15) is 16.9 Å². The average Bonchev–Trinajstić information content (AvgIpc) is 3.42. The summed E-state index contributed by atoms with van der Waals surface area (Å²) in [5.41, 5.74) is 4.53. The van der Waals surface area contributed by atoms with Crippen LogP contribution in [0.4, 0.5) is 5.82 Å². The maximum absolute atomic E-state index is 13.2. The Hall–Kier alpha value is -3.20. The van der Waals surface area contributed by atoms with Crippen molar-refractivity contribution < 1.29 is 14.2 Å². The van der Waals surface area contributed by atoms with Crippen molar-refractivity contribution in [1.82, 2.24) is 25.8 Å². The van der Waals surface area contributed by atoms with Crippen LogP contribution < -0.4 is 10.6 Å². The number of aromatic amines is 1. The number of H-pyrrole nitrogens is 1. The Labute approximate surface area is 166 Å². The van der Waals surface area contributed by atoms with Gasteiger partial charge in [-0.25, -0.2) is 9.42 Å². The number of piperidine rings is 1. The van der Waals surface area contributed by atoms with Crippen molar-refractivity contribution in [2.45, 2.75) is 25.7 Å². The molecule has 1 aromatic carbocycles. The zero-order chi connectivity index (χ0) is 19.8. The lowest BCUT2D eigenvalue weighted by Gasteiger charge is -2.34. The summed E-state index contributed by atoms with van der Waals surface area (Å²) >= 11 is 0. The molecule has 1 atom stereocenters. The predicted octanol–water partition coefficient (Wildman–Crippen LogP) is 2.32. The fourth-order valence-electron chi connectivity index (χ4n) is 4.38. The van der Waals surface area contributed by atoms with Crippen LogP contribution in [-0.4, -0.2) is 46.2 Å². The fourth-order valence-corrected chi connectivity index (χ4v) is 4.38. The van der Waals surface area contributed by atoms with Gasteiger partial charge in [0.05, 0.1) is 24.3 Å². The monoisotopic (exact) mass is 394 g/mol. The number of fused-ring (bicyclic) bond motifs is 2. The highest BCUT2D eigenvalue weighted by Gasteiger charge is 2.39. The number of carbonyl (C=O) groups excluding carboxylic acids is 1. The molecule has 0 saturated carbocycles. The average molecular weight is 394 g/mol. The van der Waals surface area contributed by atoms with E-state index < -0.39 is 0 Å². The minimum Gasteiger partial charge on any atom is -0.463 e. The molecule has 0 amide bonds. The van der Waals surface area contributed by atoms with Crippen LogP contribution in [0.25, 0.3) is 11.0 Å². The molecule has 0 radical (unpaired) electrons. The molecule has 4 heterocycles. The minimum absolute atomic E-state index is 0.226. The molecule has 1 unspecified atom stereocenters. The second-order valence-corrected chi connectivity index (χ2v) is 7.31. The maximum Gasteiger partial charge on any atom is 0.336 e. The smallest absolute Gasteiger partial charge is 0.336 e. The number of nitrogens with zero attached hydrogens (tertiary/aromatic N) is 3. The Bertz CT molecular complexity index is 1080.